The van der Waals surface area contributed by atoms with Crippen LogP contribution < -0.4 is 5.32 Å². The number of ether oxygens (including phenoxy) is 1. The number of hydrogen-bond acceptors (Lipinski definition) is 5. The van der Waals surface area contributed by atoms with Gasteiger partial charge in [0, 0.05) is 12.8 Å². The number of esters is 1. The van der Waals surface area contributed by atoms with E-state index in [-0.39, 0.29) is 18.5 Å². The van der Waals surface area contributed by atoms with Gasteiger partial charge in [0.2, 0.25) is 5.91 Å². The summed E-state index contributed by atoms with van der Waals surface area (Å²) in [4.78, 5) is 24.5. The number of hydrogen-bond donors (Lipinski definition) is 3. The van der Waals surface area contributed by atoms with Crippen molar-refractivity contribution in [1.82, 2.24) is 5.32 Å². The quantitative estimate of drug-likeness (QED) is 0.0321. The number of amides is 1. The van der Waals surface area contributed by atoms with Crippen molar-refractivity contribution in [3.8, 4) is 0 Å². The zero-order valence-electron chi connectivity index (χ0n) is 46.6. The smallest absolute Gasteiger partial charge is 0.305 e. The summed E-state index contributed by atoms with van der Waals surface area (Å²) in [5.41, 5.74) is 0. The molecule has 0 spiro atoms. The third-order valence-electron chi connectivity index (χ3n) is 14.5. The molecule has 2 unspecified atom stereocenters. The Morgan fingerprint density at radius 3 is 1.10 bits per heavy atom. The molecule has 0 aromatic carbocycles. The van der Waals surface area contributed by atoms with Crippen LogP contribution in [0.3, 0.4) is 0 Å². The van der Waals surface area contributed by atoms with E-state index >= 15 is 0 Å². The molecule has 0 aromatic rings. The third kappa shape index (κ3) is 55.5. The monoisotopic (exact) mass is 972 g/mol. The van der Waals surface area contributed by atoms with Crippen LogP contribution in [-0.4, -0.2) is 47.4 Å². The van der Waals surface area contributed by atoms with Gasteiger partial charge in [-0.25, -0.2) is 0 Å². The fourth-order valence-corrected chi connectivity index (χ4v) is 9.73. The van der Waals surface area contributed by atoms with E-state index in [1.807, 2.05) is 0 Å². The fraction of sp³-hybridized carbons (Fsp3) is 0.905. The molecule has 0 heterocycles. The lowest BCUT2D eigenvalue weighted by molar-refractivity contribution is -0.143. The van der Waals surface area contributed by atoms with Crippen LogP contribution in [0, 0.1) is 0 Å². The van der Waals surface area contributed by atoms with E-state index in [0.29, 0.717) is 25.9 Å². The van der Waals surface area contributed by atoms with E-state index in [1.165, 1.54) is 263 Å². The Kier molecular flexibility index (Phi) is 57.5. The zero-order chi connectivity index (χ0) is 50.0. The summed E-state index contributed by atoms with van der Waals surface area (Å²) in [5, 5.41) is 23.2. The molecule has 1 amide bonds. The number of carbonyl (C=O) groups is 2. The Morgan fingerprint density at radius 2 is 0.725 bits per heavy atom. The van der Waals surface area contributed by atoms with Gasteiger partial charge in [0.05, 0.1) is 25.4 Å². The second kappa shape index (κ2) is 58.9. The Morgan fingerprint density at radius 1 is 0.406 bits per heavy atom. The van der Waals surface area contributed by atoms with Crippen molar-refractivity contribution >= 4 is 11.9 Å². The molecule has 408 valence electrons. The van der Waals surface area contributed by atoms with Crippen LogP contribution in [0.25, 0.3) is 0 Å². The SMILES string of the molecule is CCCCCCCCCCCCCCCC(O)C(CO)NC(=O)CCCCCCCCCCCCC/C=C\C/C=C\CCCCCCCCCCCOC(=O)CCCCCCCCCCCCCC. The lowest BCUT2D eigenvalue weighted by Crippen LogP contribution is -2.45. The number of nitrogens with one attached hydrogen (secondary N) is 1. The number of allylic oxidation sites excluding steroid dienone is 4. The molecule has 0 saturated carbocycles. The lowest BCUT2D eigenvalue weighted by Gasteiger charge is -2.22. The highest BCUT2D eigenvalue weighted by molar-refractivity contribution is 5.76. The minimum Gasteiger partial charge on any atom is -0.466 e. The highest BCUT2D eigenvalue weighted by Gasteiger charge is 2.20. The predicted molar refractivity (Wildman–Crippen MR) is 301 cm³/mol. The molecule has 6 nitrogen and oxygen atoms in total. The normalized spacial score (nSPS) is 12.7. The van der Waals surface area contributed by atoms with Gasteiger partial charge in [0.15, 0.2) is 0 Å². The molecule has 2 atom stereocenters. The minimum absolute atomic E-state index is 0.0115. The summed E-state index contributed by atoms with van der Waals surface area (Å²) >= 11 is 0. The Bertz CT molecular complexity index is 1080. The Balaban J connectivity index is 3.41. The van der Waals surface area contributed by atoms with Crippen LogP contribution in [0.4, 0.5) is 0 Å². The van der Waals surface area contributed by atoms with Crippen LogP contribution in [-0.2, 0) is 14.3 Å². The summed E-state index contributed by atoms with van der Waals surface area (Å²) in [6, 6.07) is -0.543. The predicted octanol–water partition coefficient (Wildman–Crippen LogP) is 19.4. The molecule has 0 aliphatic rings. The molecule has 0 bridgehead atoms. The average molecular weight is 973 g/mol. The summed E-state index contributed by atoms with van der Waals surface area (Å²) in [6.07, 6.45) is 71.9. The van der Waals surface area contributed by atoms with Crippen molar-refractivity contribution in [1.29, 1.82) is 0 Å². The molecular weight excluding hydrogens is 851 g/mol. The molecule has 0 aromatic heterocycles. The van der Waals surface area contributed by atoms with Gasteiger partial charge in [-0.2, -0.15) is 0 Å². The van der Waals surface area contributed by atoms with Gasteiger partial charge in [0.25, 0.3) is 0 Å². The number of rotatable bonds is 58. The van der Waals surface area contributed by atoms with Crippen molar-refractivity contribution in [2.24, 2.45) is 0 Å². The number of aliphatic hydroxyl groups excluding tert-OH is 2. The molecule has 6 heteroatoms. The topological polar surface area (TPSA) is 95.9 Å². The maximum Gasteiger partial charge on any atom is 0.305 e. The largest absolute Gasteiger partial charge is 0.466 e. The van der Waals surface area contributed by atoms with Crippen molar-refractivity contribution in [3.63, 3.8) is 0 Å². The van der Waals surface area contributed by atoms with Gasteiger partial charge >= 0.3 is 5.97 Å². The maximum absolute atomic E-state index is 12.5. The van der Waals surface area contributed by atoms with Crippen LogP contribution in [0.2, 0.25) is 0 Å². The third-order valence-corrected chi connectivity index (χ3v) is 14.5. The molecule has 0 aliphatic carbocycles. The van der Waals surface area contributed by atoms with Gasteiger partial charge in [-0.15, -0.1) is 0 Å². The van der Waals surface area contributed by atoms with Crippen LogP contribution >= 0.6 is 0 Å². The molecule has 0 rings (SSSR count). The highest BCUT2D eigenvalue weighted by atomic mass is 16.5. The summed E-state index contributed by atoms with van der Waals surface area (Å²) in [6.45, 7) is 4.96. The Labute approximate surface area is 431 Å². The molecule has 0 saturated heterocycles. The highest BCUT2D eigenvalue weighted by Crippen LogP contribution is 2.17. The van der Waals surface area contributed by atoms with Crippen molar-refractivity contribution in [2.75, 3.05) is 13.2 Å². The first-order chi connectivity index (χ1) is 34.0. The standard InChI is InChI=1S/C63H121NO5/c1-3-5-7-9-11-13-15-32-35-39-43-47-51-55-61(66)60(59-65)64-62(67)56-52-48-44-40-36-33-30-28-26-24-22-20-18-17-19-21-23-25-27-29-31-34-38-42-46-50-54-58-69-63(68)57-53-49-45-41-37-16-14-12-10-8-6-4-2/h17-18,21,23,60-61,65-66H,3-16,19-20,22,24-59H2,1-2H3,(H,64,67)/b18-17-,23-21-. The van der Waals surface area contributed by atoms with Crippen LogP contribution in [0.1, 0.15) is 341 Å². The van der Waals surface area contributed by atoms with E-state index in [2.05, 4.69) is 43.5 Å². The second-order valence-electron chi connectivity index (χ2n) is 21.4. The van der Waals surface area contributed by atoms with E-state index in [0.717, 1.165) is 44.9 Å². The van der Waals surface area contributed by atoms with Gasteiger partial charge in [-0.1, -0.05) is 295 Å². The summed E-state index contributed by atoms with van der Waals surface area (Å²) in [7, 11) is 0. The van der Waals surface area contributed by atoms with Gasteiger partial charge < -0.3 is 20.3 Å². The van der Waals surface area contributed by atoms with Gasteiger partial charge in [-0.05, 0) is 57.8 Å². The Hall–Kier alpha value is -1.66. The van der Waals surface area contributed by atoms with Gasteiger partial charge in [-0.3, -0.25) is 9.59 Å². The maximum atomic E-state index is 12.5. The minimum atomic E-state index is -0.665. The van der Waals surface area contributed by atoms with Crippen molar-refractivity contribution in [3.05, 3.63) is 24.3 Å². The molecule has 0 radical (unpaired) electrons. The van der Waals surface area contributed by atoms with E-state index < -0.39 is 12.1 Å². The number of aliphatic hydroxyl groups is 2. The molecule has 0 fully saturated rings. The van der Waals surface area contributed by atoms with Crippen molar-refractivity contribution < 1.29 is 24.5 Å². The fourth-order valence-electron chi connectivity index (χ4n) is 9.73. The first kappa shape index (κ1) is 67.3. The average Bonchev–Trinajstić information content (AvgIpc) is 3.35. The number of unbranched alkanes of at least 4 members (excludes halogenated alkanes) is 43. The van der Waals surface area contributed by atoms with Gasteiger partial charge in [0.1, 0.15) is 0 Å². The summed E-state index contributed by atoms with van der Waals surface area (Å²) in [5.74, 6) is -0.0255. The van der Waals surface area contributed by atoms with Crippen LogP contribution in [0.5, 0.6) is 0 Å². The second-order valence-corrected chi connectivity index (χ2v) is 21.4. The van der Waals surface area contributed by atoms with Crippen molar-refractivity contribution in [2.45, 2.75) is 353 Å². The molecule has 3 N–H and O–H groups in total. The van der Waals surface area contributed by atoms with E-state index in [4.69, 9.17) is 4.74 Å². The summed E-state index contributed by atoms with van der Waals surface area (Å²) < 4.78 is 5.47. The first-order valence-corrected chi connectivity index (χ1v) is 31.1. The molecule has 69 heavy (non-hydrogen) atoms. The first-order valence-electron chi connectivity index (χ1n) is 31.1. The molecule has 0 aliphatic heterocycles. The number of carbonyl (C=O) groups excluding carboxylic acids is 2. The zero-order valence-corrected chi connectivity index (χ0v) is 46.6. The van der Waals surface area contributed by atoms with Crippen LogP contribution in [0.15, 0.2) is 24.3 Å². The molecular formula is C63H121NO5. The van der Waals surface area contributed by atoms with E-state index in [1.54, 1.807) is 0 Å². The van der Waals surface area contributed by atoms with E-state index in [9.17, 15) is 19.8 Å². The lowest BCUT2D eigenvalue weighted by atomic mass is 10.0.